The van der Waals surface area contributed by atoms with Crippen LogP contribution >= 0.6 is 0 Å². The van der Waals surface area contributed by atoms with Crippen molar-refractivity contribution in [1.29, 1.82) is 0 Å². The number of nitrogens with zero attached hydrogens (tertiary/aromatic N) is 1. The molecule has 0 spiro atoms. The third-order valence-electron chi connectivity index (χ3n) is 3.90. The number of aliphatic hydroxyl groups excluding tert-OH is 1. The number of piperidine rings is 1. The van der Waals surface area contributed by atoms with Crippen LogP contribution in [0.5, 0.6) is 5.75 Å². The second kappa shape index (κ2) is 8.67. The van der Waals surface area contributed by atoms with Gasteiger partial charge in [-0.15, -0.1) is 0 Å². The molecule has 1 fully saturated rings. The van der Waals surface area contributed by atoms with Gasteiger partial charge in [0.15, 0.2) is 0 Å². The Morgan fingerprint density at radius 3 is 2.78 bits per heavy atom. The third-order valence-corrected chi connectivity index (χ3v) is 3.90. The lowest BCUT2D eigenvalue weighted by atomic mass is 9.99. The number of carbonyl (C=O) groups excluding carboxylic acids is 1. The number of alkyl halides is 2. The number of urea groups is 1. The molecule has 1 saturated heterocycles. The van der Waals surface area contributed by atoms with Gasteiger partial charge in [-0.25, -0.2) is 4.79 Å². The van der Waals surface area contributed by atoms with Crippen molar-refractivity contribution in [2.45, 2.75) is 25.9 Å². The van der Waals surface area contributed by atoms with Crippen molar-refractivity contribution in [1.82, 2.24) is 10.2 Å². The van der Waals surface area contributed by atoms with Gasteiger partial charge in [0.2, 0.25) is 0 Å². The van der Waals surface area contributed by atoms with E-state index in [1.54, 1.807) is 17.0 Å². The van der Waals surface area contributed by atoms with Crippen LogP contribution in [0.2, 0.25) is 0 Å². The molecule has 1 heterocycles. The fourth-order valence-corrected chi connectivity index (χ4v) is 2.66. The molecule has 1 aliphatic rings. The van der Waals surface area contributed by atoms with Crippen LogP contribution in [-0.2, 0) is 6.42 Å². The second-order valence-corrected chi connectivity index (χ2v) is 5.64. The third kappa shape index (κ3) is 5.67. The van der Waals surface area contributed by atoms with Crippen molar-refractivity contribution in [2.24, 2.45) is 5.92 Å². The summed E-state index contributed by atoms with van der Waals surface area (Å²) < 4.78 is 28.4. The van der Waals surface area contributed by atoms with Gasteiger partial charge in [0.25, 0.3) is 0 Å². The van der Waals surface area contributed by atoms with Crippen LogP contribution in [0.4, 0.5) is 13.6 Å². The van der Waals surface area contributed by atoms with Crippen LogP contribution in [0.25, 0.3) is 0 Å². The summed E-state index contributed by atoms with van der Waals surface area (Å²) in [5.74, 6) is 0.285. The number of nitrogens with one attached hydrogen (secondary N) is 1. The maximum atomic E-state index is 12.1. The Hall–Kier alpha value is -1.89. The van der Waals surface area contributed by atoms with E-state index in [9.17, 15) is 18.7 Å². The predicted octanol–water partition coefficient (Wildman–Crippen LogP) is 2.24. The smallest absolute Gasteiger partial charge is 0.387 e. The lowest BCUT2D eigenvalue weighted by Gasteiger charge is -2.31. The Balaban J connectivity index is 1.72. The molecular weight excluding hydrogens is 306 g/mol. The SMILES string of the molecule is O=C(NCCc1ccc(OC(F)F)cc1)N1CCCC(CO)C1. The number of aliphatic hydroxyl groups is 1. The summed E-state index contributed by atoms with van der Waals surface area (Å²) in [6, 6.07) is 6.25. The first-order valence-corrected chi connectivity index (χ1v) is 7.76. The minimum atomic E-state index is -2.83. The van der Waals surface area contributed by atoms with Crippen molar-refractivity contribution in [3.05, 3.63) is 29.8 Å². The zero-order chi connectivity index (χ0) is 16.7. The number of carbonyl (C=O) groups is 1. The number of ether oxygens (including phenoxy) is 1. The Morgan fingerprint density at radius 2 is 2.13 bits per heavy atom. The zero-order valence-corrected chi connectivity index (χ0v) is 12.9. The number of hydrogen-bond acceptors (Lipinski definition) is 3. The molecule has 128 valence electrons. The Morgan fingerprint density at radius 1 is 1.39 bits per heavy atom. The standard InChI is InChI=1S/C16H22F2N2O3/c17-15(18)23-14-5-3-12(4-6-14)7-8-19-16(22)20-9-1-2-13(10-20)11-21/h3-6,13,15,21H,1-2,7-11H2,(H,19,22). The van der Waals surface area contributed by atoms with Crippen molar-refractivity contribution in [3.8, 4) is 5.75 Å². The van der Waals surface area contributed by atoms with Crippen molar-refractivity contribution in [3.63, 3.8) is 0 Å². The molecule has 0 radical (unpaired) electrons. The van der Waals surface area contributed by atoms with E-state index in [1.807, 2.05) is 0 Å². The summed E-state index contributed by atoms with van der Waals surface area (Å²) in [5, 5.41) is 12.0. The van der Waals surface area contributed by atoms with Crippen molar-refractivity contribution >= 4 is 6.03 Å². The number of halogens is 2. The molecular formula is C16H22F2N2O3. The average Bonchev–Trinajstić information content (AvgIpc) is 2.56. The molecule has 0 saturated carbocycles. The predicted molar refractivity (Wildman–Crippen MR) is 81.6 cm³/mol. The van der Waals surface area contributed by atoms with Crippen LogP contribution in [0, 0.1) is 5.92 Å². The van der Waals surface area contributed by atoms with Crippen molar-refractivity contribution in [2.75, 3.05) is 26.2 Å². The second-order valence-electron chi connectivity index (χ2n) is 5.64. The van der Waals surface area contributed by atoms with Gasteiger partial charge in [0.1, 0.15) is 5.75 Å². The average molecular weight is 328 g/mol. The van der Waals surface area contributed by atoms with Crippen molar-refractivity contribution < 1.29 is 23.4 Å². The zero-order valence-electron chi connectivity index (χ0n) is 12.9. The molecule has 1 aromatic rings. The summed E-state index contributed by atoms with van der Waals surface area (Å²) in [6.07, 6.45) is 2.47. The van der Waals surface area contributed by atoms with Gasteiger partial charge >= 0.3 is 12.6 Å². The van der Waals surface area contributed by atoms with Gasteiger partial charge in [-0.1, -0.05) is 12.1 Å². The summed E-state index contributed by atoms with van der Waals surface area (Å²) in [5.41, 5.74) is 0.929. The molecule has 1 aromatic carbocycles. The number of hydrogen-bond donors (Lipinski definition) is 2. The topological polar surface area (TPSA) is 61.8 Å². The highest BCUT2D eigenvalue weighted by Crippen LogP contribution is 2.16. The van der Waals surface area contributed by atoms with E-state index in [0.29, 0.717) is 26.1 Å². The Kier molecular flexibility index (Phi) is 6.58. The number of rotatable bonds is 6. The fraction of sp³-hybridized carbons (Fsp3) is 0.562. The van der Waals surface area contributed by atoms with E-state index in [4.69, 9.17) is 0 Å². The first kappa shape index (κ1) is 17.5. The molecule has 1 unspecified atom stereocenters. The first-order chi connectivity index (χ1) is 11.1. The minimum absolute atomic E-state index is 0.108. The maximum absolute atomic E-state index is 12.1. The summed E-state index contributed by atoms with van der Waals surface area (Å²) in [7, 11) is 0. The lowest BCUT2D eigenvalue weighted by molar-refractivity contribution is -0.0498. The maximum Gasteiger partial charge on any atom is 0.387 e. The summed E-state index contributed by atoms with van der Waals surface area (Å²) in [4.78, 5) is 13.8. The molecule has 2 amide bonds. The van der Waals surface area contributed by atoms with Gasteiger partial charge in [-0.3, -0.25) is 0 Å². The molecule has 0 aliphatic carbocycles. The van der Waals surface area contributed by atoms with E-state index in [2.05, 4.69) is 10.1 Å². The van der Waals surface area contributed by atoms with E-state index >= 15 is 0 Å². The molecule has 2 N–H and O–H groups in total. The number of benzene rings is 1. The largest absolute Gasteiger partial charge is 0.435 e. The number of likely N-dealkylation sites (tertiary alicyclic amines) is 1. The highest BCUT2D eigenvalue weighted by atomic mass is 19.3. The summed E-state index contributed by atoms with van der Waals surface area (Å²) in [6.45, 7) is -0.956. The summed E-state index contributed by atoms with van der Waals surface area (Å²) >= 11 is 0. The van der Waals surface area contributed by atoms with Crippen LogP contribution in [0.1, 0.15) is 18.4 Å². The van der Waals surface area contributed by atoms with E-state index in [-0.39, 0.29) is 24.3 Å². The van der Waals surface area contributed by atoms with Gasteiger partial charge in [-0.05, 0) is 42.9 Å². The molecule has 0 bridgehead atoms. The highest BCUT2D eigenvalue weighted by Gasteiger charge is 2.22. The van der Waals surface area contributed by atoms with Gasteiger partial charge in [0, 0.05) is 26.2 Å². The number of amides is 2. The molecule has 1 atom stereocenters. The van der Waals surface area contributed by atoms with Crippen LogP contribution < -0.4 is 10.1 Å². The van der Waals surface area contributed by atoms with E-state index in [0.717, 1.165) is 18.4 Å². The fourth-order valence-electron chi connectivity index (χ4n) is 2.66. The molecule has 7 heteroatoms. The molecule has 0 aromatic heterocycles. The Bertz CT molecular complexity index is 497. The normalized spacial score (nSPS) is 18.1. The van der Waals surface area contributed by atoms with E-state index < -0.39 is 6.61 Å². The van der Waals surface area contributed by atoms with Gasteiger partial charge in [-0.2, -0.15) is 8.78 Å². The first-order valence-electron chi connectivity index (χ1n) is 7.76. The minimum Gasteiger partial charge on any atom is -0.435 e. The molecule has 5 nitrogen and oxygen atoms in total. The lowest BCUT2D eigenvalue weighted by Crippen LogP contribution is -2.46. The van der Waals surface area contributed by atoms with Gasteiger partial charge < -0.3 is 20.1 Å². The molecule has 23 heavy (non-hydrogen) atoms. The quantitative estimate of drug-likeness (QED) is 0.842. The van der Waals surface area contributed by atoms with E-state index in [1.165, 1.54) is 12.1 Å². The van der Waals surface area contributed by atoms with Crippen LogP contribution in [0.3, 0.4) is 0 Å². The van der Waals surface area contributed by atoms with Crippen LogP contribution in [-0.4, -0.2) is 48.9 Å². The molecule has 1 aliphatic heterocycles. The Labute approximate surface area is 134 Å². The highest BCUT2D eigenvalue weighted by molar-refractivity contribution is 5.74. The molecule has 2 rings (SSSR count). The van der Waals surface area contributed by atoms with Crippen LogP contribution in [0.15, 0.2) is 24.3 Å². The monoisotopic (exact) mass is 328 g/mol. The van der Waals surface area contributed by atoms with Gasteiger partial charge in [0.05, 0.1) is 0 Å².